The zero-order valence-electron chi connectivity index (χ0n) is 19.5. The van der Waals surface area contributed by atoms with Crippen LogP contribution in [0.5, 0.6) is 5.75 Å². The molecule has 2 aromatic carbocycles. The normalized spacial score (nSPS) is 12.1. The van der Waals surface area contributed by atoms with Crippen molar-refractivity contribution >= 4 is 11.6 Å². The second-order valence-corrected chi connectivity index (χ2v) is 9.95. The molecule has 0 saturated carbocycles. The first kappa shape index (κ1) is 23.9. The van der Waals surface area contributed by atoms with Gasteiger partial charge in [0.1, 0.15) is 5.75 Å². The molecule has 0 aliphatic rings. The zero-order chi connectivity index (χ0) is 22.7. The summed E-state index contributed by atoms with van der Waals surface area (Å²) in [4.78, 5) is 14.0. The third-order valence-corrected chi connectivity index (χ3v) is 5.49. The Kier molecular flexibility index (Phi) is 7.33. The molecule has 0 aromatic heterocycles. The molecule has 1 amide bonds. The highest BCUT2D eigenvalue weighted by atomic mass is 19.1. The summed E-state index contributed by atoms with van der Waals surface area (Å²) in [7, 11) is 0. The second-order valence-electron chi connectivity index (χ2n) is 9.95. The van der Waals surface area contributed by atoms with E-state index in [0.717, 1.165) is 34.4 Å². The summed E-state index contributed by atoms with van der Waals surface area (Å²) in [6.45, 7) is 13.9. The van der Waals surface area contributed by atoms with E-state index in [9.17, 15) is 14.3 Å². The summed E-state index contributed by atoms with van der Waals surface area (Å²) in [5, 5.41) is 10.9. The van der Waals surface area contributed by atoms with E-state index in [0.29, 0.717) is 18.7 Å². The predicted octanol–water partition coefficient (Wildman–Crippen LogP) is 6.09. The first-order valence-corrected chi connectivity index (χ1v) is 10.7. The van der Waals surface area contributed by atoms with Crippen molar-refractivity contribution in [3.8, 4) is 5.75 Å². The number of halogens is 1. The van der Waals surface area contributed by atoms with Crippen LogP contribution in [-0.4, -0.2) is 24.2 Å². The molecular formula is C26H36FNO2. The van der Waals surface area contributed by atoms with Crippen LogP contribution in [0, 0.1) is 0 Å². The summed E-state index contributed by atoms with van der Waals surface area (Å²) in [5.41, 5.74) is 4.18. The predicted molar refractivity (Wildman–Crippen MR) is 123 cm³/mol. The molecule has 164 valence electrons. The zero-order valence-corrected chi connectivity index (χ0v) is 19.5. The lowest BCUT2D eigenvalue weighted by atomic mass is 9.78. The standard InChI is InChI=1S/C26H36FNO2/c1-8-19-11-9-10-12-22(19)28(23(29)17-27)14-13-18-15-20(25(2,3)4)24(30)21(16-18)26(5,6)7/h9-12,15-16,30H,8,13-14,17H2,1-7H3. The number of rotatable bonds is 6. The first-order valence-electron chi connectivity index (χ1n) is 10.7. The summed E-state index contributed by atoms with van der Waals surface area (Å²) >= 11 is 0. The number of carbonyl (C=O) groups excluding carboxylic acids is 1. The highest BCUT2D eigenvalue weighted by Gasteiger charge is 2.27. The number of nitrogens with zero attached hydrogens (tertiary/aromatic N) is 1. The number of aromatic hydroxyl groups is 1. The topological polar surface area (TPSA) is 40.5 Å². The fraction of sp³-hybridized carbons (Fsp3) is 0.500. The number of benzene rings is 2. The molecular weight excluding hydrogens is 377 g/mol. The van der Waals surface area contributed by atoms with Gasteiger partial charge in [0.15, 0.2) is 6.67 Å². The van der Waals surface area contributed by atoms with Gasteiger partial charge in [-0.05, 0) is 52.0 Å². The Hall–Kier alpha value is -2.36. The van der Waals surface area contributed by atoms with Crippen molar-refractivity contribution in [2.45, 2.75) is 72.1 Å². The van der Waals surface area contributed by atoms with Crippen LogP contribution in [0.2, 0.25) is 0 Å². The largest absolute Gasteiger partial charge is 0.507 e. The Balaban J connectivity index is 2.46. The van der Waals surface area contributed by atoms with E-state index < -0.39 is 12.6 Å². The van der Waals surface area contributed by atoms with Gasteiger partial charge in [0.2, 0.25) is 0 Å². The van der Waals surface area contributed by atoms with Gasteiger partial charge in [-0.1, -0.05) is 78.8 Å². The van der Waals surface area contributed by atoms with Crippen LogP contribution < -0.4 is 4.90 Å². The molecule has 0 radical (unpaired) electrons. The van der Waals surface area contributed by atoms with Crippen molar-refractivity contribution in [1.82, 2.24) is 0 Å². The number of hydrogen-bond acceptors (Lipinski definition) is 2. The minimum absolute atomic E-state index is 0.219. The Bertz CT molecular complexity index is 856. The fourth-order valence-corrected chi connectivity index (χ4v) is 3.75. The van der Waals surface area contributed by atoms with Crippen LogP contribution in [0.15, 0.2) is 36.4 Å². The van der Waals surface area contributed by atoms with Gasteiger partial charge in [-0.15, -0.1) is 0 Å². The Labute approximate surface area is 180 Å². The highest BCUT2D eigenvalue weighted by molar-refractivity contribution is 5.95. The minimum Gasteiger partial charge on any atom is -0.507 e. The van der Waals surface area contributed by atoms with E-state index in [1.807, 2.05) is 43.3 Å². The molecule has 0 saturated heterocycles. The second kappa shape index (κ2) is 9.20. The molecule has 0 unspecified atom stereocenters. The van der Waals surface area contributed by atoms with Gasteiger partial charge >= 0.3 is 0 Å². The van der Waals surface area contributed by atoms with Crippen LogP contribution in [-0.2, 0) is 28.5 Å². The summed E-state index contributed by atoms with van der Waals surface area (Å²) in [6, 6.07) is 11.7. The van der Waals surface area contributed by atoms with E-state index in [-0.39, 0.29) is 10.8 Å². The number of carbonyl (C=O) groups is 1. The van der Waals surface area contributed by atoms with Crippen LogP contribution in [0.3, 0.4) is 0 Å². The lowest BCUT2D eigenvalue weighted by molar-refractivity contribution is -0.119. The summed E-state index contributed by atoms with van der Waals surface area (Å²) in [6.07, 6.45) is 1.35. The van der Waals surface area contributed by atoms with Gasteiger partial charge in [-0.25, -0.2) is 4.39 Å². The fourth-order valence-electron chi connectivity index (χ4n) is 3.75. The number of anilines is 1. The van der Waals surface area contributed by atoms with E-state index in [1.165, 1.54) is 0 Å². The lowest BCUT2D eigenvalue weighted by Gasteiger charge is -2.29. The monoisotopic (exact) mass is 413 g/mol. The molecule has 0 aliphatic carbocycles. The first-order chi connectivity index (χ1) is 13.9. The molecule has 0 spiro atoms. The molecule has 0 heterocycles. The van der Waals surface area contributed by atoms with Gasteiger partial charge in [-0.2, -0.15) is 0 Å². The van der Waals surface area contributed by atoms with Gasteiger partial charge in [0, 0.05) is 12.2 Å². The Morgan fingerprint density at radius 1 is 1.00 bits per heavy atom. The summed E-state index contributed by atoms with van der Waals surface area (Å²) in [5.74, 6) is -0.187. The molecule has 0 fully saturated rings. The average Bonchev–Trinajstić information content (AvgIpc) is 2.67. The maximum atomic E-state index is 13.4. The molecule has 2 aromatic rings. The Morgan fingerprint density at radius 2 is 1.53 bits per heavy atom. The number of phenolic OH excluding ortho intramolecular Hbond substituents is 1. The molecule has 0 atom stereocenters. The number of alkyl halides is 1. The van der Waals surface area contributed by atoms with Gasteiger partial charge in [0.25, 0.3) is 5.91 Å². The van der Waals surface area contributed by atoms with E-state index in [1.54, 1.807) is 4.90 Å². The van der Waals surface area contributed by atoms with Crippen molar-refractivity contribution in [3.63, 3.8) is 0 Å². The molecule has 0 bridgehead atoms. The number of aryl methyl sites for hydroxylation is 1. The molecule has 0 aliphatic heterocycles. The maximum absolute atomic E-state index is 13.4. The lowest BCUT2D eigenvalue weighted by Crippen LogP contribution is -2.35. The van der Waals surface area contributed by atoms with E-state index in [4.69, 9.17) is 0 Å². The highest BCUT2D eigenvalue weighted by Crippen LogP contribution is 2.40. The van der Waals surface area contributed by atoms with E-state index in [2.05, 4.69) is 41.5 Å². The number of para-hydroxylation sites is 1. The molecule has 4 heteroatoms. The van der Waals surface area contributed by atoms with Crippen LogP contribution in [0.1, 0.15) is 70.7 Å². The number of phenols is 1. The molecule has 30 heavy (non-hydrogen) atoms. The maximum Gasteiger partial charge on any atom is 0.258 e. The van der Waals surface area contributed by atoms with Gasteiger partial charge in [-0.3, -0.25) is 4.79 Å². The quantitative estimate of drug-likeness (QED) is 0.622. The van der Waals surface area contributed by atoms with Crippen molar-refractivity contribution in [2.75, 3.05) is 18.1 Å². The third kappa shape index (κ3) is 5.41. The van der Waals surface area contributed by atoms with Crippen molar-refractivity contribution < 1.29 is 14.3 Å². The molecule has 2 rings (SSSR count). The third-order valence-electron chi connectivity index (χ3n) is 5.49. The van der Waals surface area contributed by atoms with E-state index >= 15 is 0 Å². The van der Waals surface area contributed by atoms with Crippen LogP contribution in [0.4, 0.5) is 10.1 Å². The van der Waals surface area contributed by atoms with Gasteiger partial charge in [0.05, 0.1) is 0 Å². The number of amides is 1. The number of hydrogen-bond donors (Lipinski definition) is 1. The Morgan fingerprint density at radius 3 is 2.00 bits per heavy atom. The SMILES string of the molecule is CCc1ccccc1N(CCc1cc(C(C)(C)C)c(O)c(C(C)(C)C)c1)C(=O)CF. The average molecular weight is 414 g/mol. The van der Waals surface area contributed by atoms with Crippen molar-refractivity contribution in [3.05, 3.63) is 58.7 Å². The minimum atomic E-state index is -1.02. The van der Waals surface area contributed by atoms with Crippen molar-refractivity contribution in [2.24, 2.45) is 0 Å². The van der Waals surface area contributed by atoms with Crippen LogP contribution >= 0.6 is 0 Å². The molecule has 3 nitrogen and oxygen atoms in total. The smallest absolute Gasteiger partial charge is 0.258 e. The summed E-state index contributed by atoms with van der Waals surface area (Å²) < 4.78 is 13.4. The van der Waals surface area contributed by atoms with Gasteiger partial charge < -0.3 is 10.0 Å². The van der Waals surface area contributed by atoms with Crippen molar-refractivity contribution in [1.29, 1.82) is 0 Å². The van der Waals surface area contributed by atoms with Crippen LogP contribution in [0.25, 0.3) is 0 Å². The molecule has 1 N–H and O–H groups in total.